The molecule has 3 unspecified atom stereocenters. The van der Waals surface area contributed by atoms with Gasteiger partial charge >= 0.3 is 0 Å². The molecule has 2 bridgehead atoms. The number of aliphatic hydroxyl groups is 1. The van der Waals surface area contributed by atoms with Crippen molar-refractivity contribution in [2.75, 3.05) is 7.11 Å². The molecule has 3 atom stereocenters. The fourth-order valence-corrected chi connectivity index (χ4v) is 4.10. The van der Waals surface area contributed by atoms with Crippen LogP contribution in [0.25, 0.3) is 0 Å². The van der Waals surface area contributed by atoms with Crippen LogP contribution in [0.4, 0.5) is 0 Å². The summed E-state index contributed by atoms with van der Waals surface area (Å²) in [5.74, 6) is 2.38. The molecule has 3 rings (SSSR count). The van der Waals surface area contributed by atoms with Gasteiger partial charge in [0.1, 0.15) is 0 Å². The zero-order valence-corrected chi connectivity index (χ0v) is 8.91. The standard InChI is InChI=1S/C12H20O2/c1-14-10-6-12(13,7-10)11-5-8-2-3-9(11)4-8/h8-11,13H,2-7H2,1H3. The number of ether oxygens (including phenoxy) is 1. The first-order chi connectivity index (χ1) is 6.71. The first kappa shape index (κ1) is 9.17. The lowest BCUT2D eigenvalue weighted by Crippen LogP contribution is -2.54. The third-order valence-electron chi connectivity index (χ3n) is 4.92. The van der Waals surface area contributed by atoms with Crippen molar-refractivity contribution in [1.82, 2.24) is 0 Å². The normalized spacial score (nSPS) is 56.1. The van der Waals surface area contributed by atoms with E-state index in [0.717, 1.165) is 24.7 Å². The van der Waals surface area contributed by atoms with Crippen molar-refractivity contribution in [2.45, 2.75) is 50.2 Å². The second-order valence-corrected chi connectivity index (χ2v) is 5.65. The quantitative estimate of drug-likeness (QED) is 0.731. The second kappa shape index (κ2) is 2.96. The molecule has 0 aromatic heterocycles. The molecule has 0 spiro atoms. The average molecular weight is 196 g/mol. The van der Waals surface area contributed by atoms with Crippen LogP contribution in [0.15, 0.2) is 0 Å². The molecule has 0 saturated heterocycles. The van der Waals surface area contributed by atoms with E-state index in [4.69, 9.17) is 4.74 Å². The van der Waals surface area contributed by atoms with Crippen molar-refractivity contribution in [2.24, 2.45) is 17.8 Å². The smallest absolute Gasteiger partial charge is 0.0727 e. The van der Waals surface area contributed by atoms with Crippen molar-refractivity contribution >= 4 is 0 Å². The summed E-state index contributed by atoms with van der Waals surface area (Å²) in [5.41, 5.74) is -0.347. The Morgan fingerprint density at radius 1 is 1.21 bits per heavy atom. The van der Waals surface area contributed by atoms with Gasteiger partial charge in [-0.2, -0.15) is 0 Å². The van der Waals surface area contributed by atoms with Crippen LogP contribution in [0.5, 0.6) is 0 Å². The zero-order chi connectivity index (χ0) is 9.76. The lowest BCUT2D eigenvalue weighted by molar-refractivity contribution is -0.168. The van der Waals surface area contributed by atoms with Gasteiger partial charge in [0.15, 0.2) is 0 Å². The molecule has 3 aliphatic rings. The van der Waals surface area contributed by atoms with E-state index in [1.807, 2.05) is 0 Å². The molecule has 3 fully saturated rings. The molecular weight excluding hydrogens is 176 g/mol. The molecule has 80 valence electrons. The van der Waals surface area contributed by atoms with E-state index >= 15 is 0 Å². The average Bonchev–Trinajstić information content (AvgIpc) is 2.73. The maximum atomic E-state index is 10.5. The fraction of sp³-hybridized carbons (Fsp3) is 1.00. The molecule has 3 aliphatic carbocycles. The second-order valence-electron chi connectivity index (χ2n) is 5.65. The summed E-state index contributed by atoms with van der Waals surface area (Å²) < 4.78 is 5.26. The molecule has 2 nitrogen and oxygen atoms in total. The predicted molar refractivity (Wildman–Crippen MR) is 53.9 cm³/mol. The van der Waals surface area contributed by atoms with Crippen molar-refractivity contribution in [3.63, 3.8) is 0 Å². The molecule has 0 amide bonds. The number of fused-ring (bicyclic) bond motifs is 2. The van der Waals surface area contributed by atoms with E-state index in [0.29, 0.717) is 12.0 Å². The predicted octanol–water partition coefficient (Wildman–Crippen LogP) is 1.96. The van der Waals surface area contributed by atoms with Crippen LogP contribution in [-0.4, -0.2) is 23.9 Å². The minimum atomic E-state index is -0.347. The van der Waals surface area contributed by atoms with E-state index in [1.54, 1.807) is 7.11 Å². The minimum Gasteiger partial charge on any atom is -0.389 e. The van der Waals surface area contributed by atoms with Crippen molar-refractivity contribution in [3.05, 3.63) is 0 Å². The van der Waals surface area contributed by atoms with Gasteiger partial charge in [-0.05, 0) is 37.0 Å². The van der Waals surface area contributed by atoms with Gasteiger partial charge in [0.2, 0.25) is 0 Å². The minimum absolute atomic E-state index is 0.333. The third-order valence-corrected chi connectivity index (χ3v) is 4.92. The van der Waals surface area contributed by atoms with Gasteiger partial charge in [-0.15, -0.1) is 0 Å². The molecule has 0 aliphatic heterocycles. The van der Waals surface area contributed by atoms with Gasteiger partial charge in [0, 0.05) is 20.0 Å². The Morgan fingerprint density at radius 2 is 2.00 bits per heavy atom. The maximum absolute atomic E-state index is 10.5. The summed E-state index contributed by atoms with van der Waals surface area (Å²) in [6, 6.07) is 0. The Balaban J connectivity index is 1.67. The molecule has 0 heterocycles. The Hall–Kier alpha value is -0.0800. The van der Waals surface area contributed by atoms with Gasteiger partial charge in [-0.1, -0.05) is 6.42 Å². The lowest BCUT2D eigenvalue weighted by Gasteiger charge is -2.49. The molecule has 2 heteroatoms. The van der Waals surface area contributed by atoms with Gasteiger partial charge in [0.25, 0.3) is 0 Å². The molecule has 0 aromatic carbocycles. The summed E-state index contributed by atoms with van der Waals surface area (Å²) in [5, 5.41) is 10.5. The summed E-state index contributed by atoms with van der Waals surface area (Å²) in [4.78, 5) is 0. The highest BCUT2D eigenvalue weighted by Crippen LogP contribution is 2.56. The van der Waals surface area contributed by atoms with E-state index in [9.17, 15) is 5.11 Å². The molecule has 1 N–H and O–H groups in total. The van der Waals surface area contributed by atoms with Crippen molar-refractivity contribution < 1.29 is 9.84 Å². The van der Waals surface area contributed by atoms with Crippen LogP contribution in [0.1, 0.15) is 38.5 Å². The molecular formula is C12H20O2. The van der Waals surface area contributed by atoms with Crippen molar-refractivity contribution in [3.8, 4) is 0 Å². The van der Waals surface area contributed by atoms with E-state index in [-0.39, 0.29) is 5.60 Å². The lowest BCUT2D eigenvalue weighted by atomic mass is 9.64. The first-order valence-electron chi connectivity index (χ1n) is 5.96. The van der Waals surface area contributed by atoms with E-state index in [2.05, 4.69) is 0 Å². The maximum Gasteiger partial charge on any atom is 0.0727 e. The summed E-state index contributed by atoms with van der Waals surface area (Å²) >= 11 is 0. The number of hydrogen-bond acceptors (Lipinski definition) is 2. The summed E-state index contributed by atoms with van der Waals surface area (Å²) in [7, 11) is 1.76. The Labute approximate surface area is 85.6 Å². The molecule has 0 radical (unpaired) electrons. The highest BCUT2D eigenvalue weighted by molar-refractivity contribution is 5.06. The first-order valence-corrected chi connectivity index (χ1v) is 5.96. The SMILES string of the molecule is COC1CC(O)(C2CC3CCC2C3)C1. The largest absolute Gasteiger partial charge is 0.389 e. The Kier molecular flexibility index (Phi) is 1.94. The van der Waals surface area contributed by atoms with Gasteiger partial charge in [-0.3, -0.25) is 0 Å². The molecule has 0 aromatic rings. The summed E-state index contributed by atoms with van der Waals surface area (Å²) in [6.07, 6.45) is 7.58. The van der Waals surface area contributed by atoms with Crippen molar-refractivity contribution in [1.29, 1.82) is 0 Å². The van der Waals surface area contributed by atoms with Crippen LogP contribution in [0.3, 0.4) is 0 Å². The van der Waals surface area contributed by atoms with Gasteiger partial charge < -0.3 is 9.84 Å². The van der Waals surface area contributed by atoms with Crippen LogP contribution in [-0.2, 0) is 4.74 Å². The highest BCUT2D eigenvalue weighted by atomic mass is 16.5. The van der Waals surface area contributed by atoms with Crippen LogP contribution in [0, 0.1) is 17.8 Å². The third kappa shape index (κ3) is 1.17. The van der Waals surface area contributed by atoms with E-state index in [1.165, 1.54) is 25.7 Å². The van der Waals surface area contributed by atoms with Crippen LogP contribution >= 0.6 is 0 Å². The molecule has 3 saturated carbocycles. The highest BCUT2D eigenvalue weighted by Gasteiger charge is 2.55. The number of rotatable bonds is 2. The zero-order valence-electron chi connectivity index (χ0n) is 8.91. The Morgan fingerprint density at radius 3 is 2.50 bits per heavy atom. The monoisotopic (exact) mass is 196 g/mol. The Bertz CT molecular complexity index is 232. The number of hydrogen-bond donors (Lipinski definition) is 1. The van der Waals surface area contributed by atoms with Crippen LogP contribution in [0.2, 0.25) is 0 Å². The van der Waals surface area contributed by atoms with E-state index < -0.39 is 0 Å². The fourth-order valence-electron chi connectivity index (χ4n) is 4.10. The van der Waals surface area contributed by atoms with Gasteiger partial charge in [0.05, 0.1) is 11.7 Å². The van der Waals surface area contributed by atoms with Crippen LogP contribution < -0.4 is 0 Å². The topological polar surface area (TPSA) is 29.5 Å². The summed E-state index contributed by atoms with van der Waals surface area (Å²) in [6.45, 7) is 0. The number of methoxy groups -OCH3 is 1. The molecule has 14 heavy (non-hydrogen) atoms. The van der Waals surface area contributed by atoms with Gasteiger partial charge in [-0.25, -0.2) is 0 Å².